The SMILES string of the molecule is CC1(C)CC(=O)Nc2ccc(cc2)C[C@@H](C(=O)NCc2ccc(C(=N)N)cc2)NC(=O)[C@H](NS(=O)(=O)Cc2ccccc2)Cc2ccc(cc2)NC(=O)CC(C)(C)N2CCN1CC2. The van der Waals surface area contributed by atoms with E-state index in [9.17, 15) is 27.6 Å². The number of anilines is 2. The van der Waals surface area contributed by atoms with Crippen LogP contribution in [0.15, 0.2) is 103 Å². The van der Waals surface area contributed by atoms with Crippen molar-refractivity contribution >= 4 is 50.9 Å². The molecule has 4 amide bonds. The van der Waals surface area contributed by atoms with Crippen LogP contribution >= 0.6 is 0 Å². The Morgan fingerprint density at radius 2 is 1.21 bits per heavy atom. The number of hydrogen-bond donors (Lipinski definition) is 7. The number of sulfonamides is 1. The number of nitrogens with zero attached hydrogens (tertiary/aromatic N) is 2. The fraction of sp³-hybridized carbons (Fsp3) is 0.383. The van der Waals surface area contributed by atoms with Gasteiger partial charge in [0.1, 0.15) is 17.9 Å². The molecular formula is C47H59N9O6S. The third-order valence-electron chi connectivity index (χ3n) is 11.7. The van der Waals surface area contributed by atoms with Crippen LogP contribution in [0, 0.1) is 5.41 Å². The highest BCUT2D eigenvalue weighted by molar-refractivity contribution is 7.88. The molecule has 0 aliphatic carbocycles. The summed E-state index contributed by atoms with van der Waals surface area (Å²) < 4.78 is 29.9. The quantitative estimate of drug-likeness (QED) is 0.101. The zero-order valence-electron chi connectivity index (χ0n) is 36.4. The fourth-order valence-electron chi connectivity index (χ4n) is 8.09. The van der Waals surface area contributed by atoms with Crippen LogP contribution in [0.5, 0.6) is 0 Å². The molecule has 5 aliphatic heterocycles. The van der Waals surface area contributed by atoms with Crippen LogP contribution in [0.3, 0.4) is 0 Å². The summed E-state index contributed by atoms with van der Waals surface area (Å²) in [4.78, 5) is 59.7. The number of nitrogens with two attached hydrogens (primary N) is 1. The van der Waals surface area contributed by atoms with Crippen LogP contribution in [0.4, 0.5) is 11.4 Å². The number of fused-ring (bicyclic) bond motifs is 3. The molecule has 1 saturated heterocycles. The van der Waals surface area contributed by atoms with Crippen LogP contribution in [0.1, 0.15) is 68.4 Å². The van der Waals surface area contributed by atoms with Crippen molar-refractivity contribution in [3.8, 4) is 0 Å². The Labute approximate surface area is 370 Å². The summed E-state index contributed by atoms with van der Waals surface area (Å²) in [6.07, 6.45) is 0.477. The van der Waals surface area contributed by atoms with Gasteiger partial charge >= 0.3 is 0 Å². The van der Waals surface area contributed by atoms with Crippen molar-refractivity contribution in [2.75, 3.05) is 36.8 Å². The molecule has 9 rings (SSSR count). The molecule has 4 aromatic carbocycles. The number of hydrogen-bond acceptors (Lipinski definition) is 9. The van der Waals surface area contributed by atoms with Gasteiger partial charge in [-0.2, -0.15) is 0 Å². The largest absolute Gasteiger partial charge is 0.384 e. The van der Waals surface area contributed by atoms with Crippen molar-refractivity contribution in [1.82, 2.24) is 25.2 Å². The average molecular weight is 878 g/mol. The molecule has 0 radical (unpaired) electrons. The lowest BCUT2D eigenvalue weighted by Gasteiger charge is -2.48. The van der Waals surface area contributed by atoms with Crippen LogP contribution < -0.4 is 31.7 Å². The maximum atomic E-state index is 14.3. The first-order valence-corrected chi connectivity index (χ1v) is 22.8. The van der Waals surface area contributed by atoms with Crippen molar-refractivity contribution in [1.29, 1.82) is 5.41 Å². The van der Waals surface area contributed by atoms with Crippen LogP contribution in [0.2, 0.25) is 0 Å². The van der Waals surface area contributed by atoms with E-state index in [1.54, 1.807) is 103 Å². The number of amides is 4. The summed E-state index contributed by atoms with van der Waals surface area (Å²) in [5, 5.41) is 19.4. The van der Waals surface area contributed by atoms with Crippen molar-refractivity contribution in [3.05, 3.63) is 131 Å². The average Bonchev–Trinajstić information content (AvgIpc) is 3.23. The summed E-state index contributed by atoms with van der Waals surface area (Å²) >= 11 is 0. The van der Waals surface area contributed by atoms with E-state index >= 15 is 0 Å². The maximum Gasteiger partial charge on any atom is 0.243 e. The van der Waals surface area contributed by atoms with E-state index in [2.05, 4.69) is 63.5 Å². The molecule has 8 N–H and O–H groups in total. The molecule has 5 heterocycles. The number of piperazine rings is 1. The molecule has 0 aromatic heterocycles. The summed E-state index contributed by atoms with van der Waals surface area (Å²) in [6, 6.07) is 26.9. The van der Waals surface area contributed by atoms with Crippen LogP contribution in [0.25, 0.3) is 0 Å². The number of benzene rings is 4. The molecule has 0 spiro atoms. The van der Waals surface area contributed by atoms with Crippen molar-refractivity contribution < 1.29 is 27.6 Å². The minimum absolute atomic E-state index is 0.0444. The van der Waals surface area contributed by atoms with Gasteiger partial charge in [0.15, 0.2) is 0 Å². The second kappa shape index (κ2) is 20.1. The molecule has 0 saturated carbocycles. The smallest absolute Gasteiger partial charge is 0.243 e. The molecule has 2 atom stereocenters. The number of carbonyl (C=O) groups is 4. The minimum Gasteiger partial charge on any atom is -0.384 e. The zero-order valence-corrected chi connectivity index (χ0v) is 37.2. The number of amidine groups is 1. The molecule has 0 unspecified atom stereocenters. The highest BCUT2D eigenvalue weighted by atomic mass is 32.2. The summed E-state index contributed by atoms with van der Waals surface area (Å²) in [5.41, 5.74) is 8.95. The number of nitrogens with one attached hydrogen (secondary N) is 6. The van der Waals surface area contributed by atoms with Gasteiger partial charge in [-0.1, -0.05) is 78.9 Å². The monoisotopic (exact) mass is 877 g/mol. The summed E-state index contributed by atoms with van der Waals surface area (Å²) in [7, 11) is -4.08. The Balaban J connectivity index is 1.30. The lowest BCUT2D eigenvalue weighted by molar-refractivity contribution is -0.129. The first kappa shape index (κ1) is 46.6. The number of carbonyl (C=O) groups excluding carboxylic acids is 4. The Morgan fingerprint density at radius 1 is 0.714 bits per heavy atom. The van der Waals surface area contributed by atoms with E-state index in [-0.39, 0.29) is 55.6 Å². The van der Waals surface area contributed by atoms with Gasteiger partial charge in [0, 0.05) is 80.0 Å². The van der Waals surface area contributed by atoms with Gasteiger partial charge in [-0.05, 0) is 80.6 Å². The first-order chi connectivity index (χ1) is 29.8. The first-order valence-electron chi connectivity index (χ1n) is 21.2. The molecule has 5 aliphatic rings. The maximum absolute atomic E-state index is 14.3. The molecule has 63 heavy (non-hydrogen) atoms. The van der Waals surface area contributed by atoms with E-state index in [0.717, 1.165) is 31.7 Å². The van der Waals surface area contributed by atoms with E-state index in [1.807, 2.05) is 0 Å². The highest BCUT2D eigenvalue weighted by Gasteiger charge is 2.37. The molecule has 4 aromatic rings. The third kappa shape index (κ3) is 13.3. The van der Waals surface area contributed by atoms with Gasteiger partial charge in [-0.15, -0.1) is 0 Å². The third-order valence-corrected chi connectivity index (χ3v) is 13.1. The normalized spacial score (nSPS) is 22.1. The zero-order chi connectivity index (χ0) is 45.4. The topological polar surface area (TPSA) is 219 Å². The van der Waals surface area contributed by atoms with Gasteiger partial charge in [-0.3, -0.25) is 34.4 Å². The second-order valence-electron chi connectivity index (χ2n) is 17.7. The van der Waals surface area contributed by atoms with Gasteiger partial charge in [0.25, 0.3) is 0 Å². The molecule has 6 bridgehead atoms. The highest BCUT2D eigenvalue weighted by Crippen LogP contribution is 2.27. The molecular weight excluding hydrogens is 819 g/mol. The Morgan fingerprint density at radius 3 is 1.70 bits per heavy atom. The Kier molecular flexibility index (Phi) is 14.8. The van der Waals surface area contributed by atoms with Gasteiger partial charge in [0.05, 0.1) is 5.75 Å². The van der Waals surface area contributed by atoms with Crippen LogP contribution in [-0.2, 0) is 54.3 Å². The lowest BCUT2D eigenvalue weighted by Crippen LogP contribution is -2.60. The number of rotatable bonds is 8. The predicted octanol–water partition coefficient (Wildman–Crippen LogP) is 3.89. The van der Waals surface area contributed by atoms with E-state index in [0.29, 0.717) is 33.6 Å². The Hall–Kier alpha value is -5.94. The van der Waals surface area contributed by atoms with Crippen molar-refractivity contribution in [3.63, 3.8) is 0 Å². The standard InChI is InChI=1S/C47H59N9O6S/c1-46(2)28-41(57)51-37-18-12-32(13-19-37)26-39(44(59)50-30-34-10-16-36(17-11-34)43(48)49)53-45(60)40(54-63(61,62)31-35-8-6-5-7-9-35)27-33-14-20-38(21-15-33)52-42(58)29-47(3,4)56-24-22-55(46)23-25-56/h5-21,39-40,54H,22-31H2,1-4H3,(H3,48,49)(H,50,59)(H,51,57)(H,52,58)(H,53,60)/t39-,40+/m0/s1. The van der Waals surface area contributed by atoms with E-state index in [1.165, 1.54) is 0 Å². The second-order valence-corrected chi connectivity index (χ2v) is 19.4. The summed E-state index contributed by atoms with van der Waals surface area (Å²) in [5.74, 6) is -2.00. The van der Waals surface area contributed by atoms with Crippen LogP contribution in [-0.4, -0.2) is 97.0 Å². The predicted molar refractivity (Wildman–Crippen MR) is 245 cm³/mol. The molecule has 16 heteroatoms. The van der Waals surface area contributed by atoms with E-state index in [4.69, 9.17) is 11.1 Å². The minimum atomic E-state index is -4.08. The fourth-order valence-corrected chi connectivity index (χ4v) is 9.43. The van der Waals surface area contributed by atoms with Crippen molar-refractivity contribution in [2.45, 2.75) is 88.8 Å². The Bertz CT molecular complexity index is 2360. The molecule has 334 valence electrons. The molecule has 15 nitrogen and oxygen atoms in total. The van der Waals surface area contributed by atoms with Gasteiger partial charge < -0.3 is 27.0 Å². The number of nitrogen functional groups attached to an aromatic ring is 1. The molecule has 1 fully saturated rings. The van der Waals surface area contributed by atoms with Gasteiger partial charge in [0.2, 0.25) is 33.7 Å². The van der Waals surface area contributed by atoms with Gasteiger partial charge in [-0.25, -0.2) is 13.1 Å². The van der Waals surface area contributed by atoms with E-state index < -0.39 is 45.0 Å². The lowest BCUT2D eigenvalue weighted by atomic mass is 9.93. The van der Waals surface area contributed by atoms with Crippen molar-refractivity contribution in [2.24, 2.45) is 5.73 Å². The summed E-state index contributed by atoms with van der Waals surface area (Å²) in [6.45, 7) is 11.3.